The highest BCUT2D eigenvalue weighted by Crippen LogP contribution is 2.37. The van der Waals surface area contributed by atoms with Gasteiger partial charge in [-0.2, -0.15) is 0 Å². The minimum atomic E-state index is 0.241. The number of aromatic hydroxyl groups is 1. The van der Waals surface area contributed by atoms with E-state index in [2.05, 4.69) is 11.9 Å². The average Bonchev–Trinajstić information content (AvgIpc) is 2.81. The van der Waals surface area contributed by atoms with Gasteiger partial charge in [-0.05, 0) is 43.9 Å². The molecule has 72 valence electrons. The SMILES string of the molecule is Cc1nc(OC(C)C2CC2)sc1O. The maximum atomic E-state index is 9.28. The zero-order valence-corrected chi connectivity index (χ0v) is 8.60. The van der Waals surface area contributed by atoms with Gasteiger partial charge in [-0.25, -0.2) is 4.98 Å². The van der Waals surface area contributed by atoms with Crippen molar-refractivity contribution in [2.45, 2.75) is 32.8 Å². The number of hydrogen-bond donors (Lipinski definition) is 1. The molecule has 2 rings (SSSR count). The fraction of sp³-hybridized carbons (Fsp3) is 0.667. The van der Waals surface area contributed by atoms with E-state index in [0.717, 1.165) is 0 Å². The second-order valence-electron chi connectivity index (χ2n) is 3.53. The summed E-state index contributed by atoms with van der Waals surface area (Å²) < 4.78 is 5.59. The van der Waals surface area contributed by atoms with Crippen molar-refractivity contribution >= 4 is 11.3 Å². The molecule has 1 aliphatic carbocycles. The first-order valence-corrected chi connectivity index (χ1v) is 5.31. The summed E-state index contributed by atoms with van der Waals surface area (Å²) in [5, 5.41) is 10.1. The Morgan fingerprint density at radius 3 is 2.77 bits per heavy atom. The molecule has 1 heterocycles. The van der Waals surface area contributed by atoms with Gasteiger partial charge in [-0.3, -0.25) is 0 Å². The fourth-order valence-corrected chi connectivity index (χ4v) is 1.98. The normalized spacial score (nSPS) is 18.6. The van der Waals surface area contributed by atoms with Crippen LogP contribution in [0.4, 0.5) is 0 Å². The molecule has 0 bridgehead atoms. The Kier molecular flexibility index (Phi) is 2.15. The van der Waals surface area contributed by atoms with E-state index in [-0.39, 0.29) is 11.2 Å². The molecular weight excluding hydrogens is 186 g/mol. The first-order chi connectivity index (χ1) is 6.16. The summed E-state index contributed by atoms with van der Waals surface area (Å²) in [6.45, 7) is 3.84. The molecule has 1 aromatic rings. The number of hydrogen-bond acceptors (Lipinski definition) is 4. The third-order valence-electron chi connectivity index (χ3n) is 2.33. The molecule has 1 aromatic heterocycles. The molecule has 1 saturated carbocycles. The maximum absolute atomic E-state index is 9.28. The molecule has 0 aromatic carbocycles. The van der Waals surface area contributed by atoms with Crippen molar-refractivity contribution in [1.82, 2.24) is 4.98 Å². The van der Waals surface area contributed by atoms with E-state index >= 15 is 0 Å². The van der Waals surface area contributed by atoms with Gasteiger partial charge in [0.05, 0.1) is 5.69 Å². The lowest BCUT2D eigenvalue weighted by atomic mass is 10.3. The van der Waals surface area contributed by atoms with Crippen LogP contribution in [0.1, 0.15) is 25.5 Å². The van der Waals surface area contributed by atoms with E-state index in [4.69, 9.17) is 4.74 Å². The summed E-state index contributed by atoms with van der Waals surface area (Å²) in [5.41, 5.74) is 0.656. The second kappa shape index (κ2) is 3.18. The van der Waals surface area contributed by atoms with E-state index in [9.17, 15) is 5.11 Å². The van der Waals surface area contributed by atoms with Gasteiger partial charge < -0.3 is 9.84 Å². The molecule has 1 fully saturated rings. The zero-order valence-electron chi connectivity index (χ0n) is 7.78. The summed E-state index contributed by atoms with van der Waals surface area (Å²) in [5.74, 6) is 0.700. The van der Waals surface area contributed by atoms with Gasteiger partial charge in [0.1, 0.15) is 6.10 Å². The summed E-state index contributed by atoms with van der Waals surface area (Å²) in [6, 6.07) is 0. The average molecular weight is 199 g/mol. The van der Waals surface area contributed by atoms with Gasteiger partial charge >= 0.3 is 0 Å². The van der Waals surface area contributed by atoms with Crippen LogP contribution < -0.4 is 4.74 Å². The lowest BCUT2D eigenvalue weighted by molar-refractivity contribution is 0.197. The number of thiazole rings is 1. The summed E-state index contributed by atoms with van der Waals surface area (Å²) in [6.07, 6.45) is 2.76. The highest BCUT2D eigenvalue weighted by Gasteiger charge is 2.30. The van der Waals surface area contributed by atoms with Gasteiger partial charge in [-0.15, -0.1) is 0 Å². The van der Waals surface area contributed by atoms with Gasteiger partial charge in [0, 0.05) is 0 Å². The van der Waals surface area contributed by atoms with Crippen LogP contribution in [0.3, 0.4) is 0 Å². The third kappa shape index (κ3) is 1.94. The molecule has 1 atom stereocenters. The van der Waals surface area contributed by atoms with Crippen molar-refractivity contribution < 1.29 is 9.84 Å². The van der Waals surface area contributed by atoms with Crippen molar-refractivity contribution in [1.29, 1.82) is 0 Å². The molecule has 1 unspecified atom stereocenters. The first-order valence-electron chi connectivity index (χ1n) is 4.50. The van der Waals surface area contributed by atoms with E-state index in [1.807, 2.05) is 0 Å². The first kappa shape index (κ1) is 8.81. The van der Waals surface area contributed by atoms with Crippen LogP contribution in [-0.4, -0.2) is 16.2 Å². The van der Waals surface area contributed by atoms with Crippen LogP contribution in [-0.2, 0) is 0 Å². The second-order valence-corrected chi connectivity index (χ2v) is 4.47. The molecule has 0 radical (unpaired) electrons. The Bertz CT molecular complexity index is 287. The summed E-state index contributed by atoms with van der Waals surface area (Å²) in [7, 11) is 0. The van der Waals surface area contributed by atoms with Crippen LogP contribution in [0, 0.1) is 12.8 Å². The molecule has 0 aliphatic heterocycles. The van der Waals surface area contributed by atoms with Crippen LogP contribution in [0.2, 0.25) is 0 Å². The topological polar surface area (TPSA) is 42.4 Å². The zero-order chi connectivity index (χ0) is 9.42. The van der Waals surface area contributed by atoms with E-state index < -0.39 is 0 Å². The largest absolute Gasteiger partial charge is 0.498 e. The van der Waals surface area contributed by atoms with Gasteiger partial charge in [0.25, 0.3) is 5.19 Å². The molecule has 1 N–H and O–H groups in total. The minimum absolute atomic E-state index is 0.241. The fourth-order valence-electron chi connectivity index (χ4n) is 1.24. The molecule has 13 heavy (non-hydrogen) atoms. The van der Waals surface area contributed by atoms with Crippen molar-refractivity contribution in [3.63, 3.8) is 0 Å². The van der Waals surface area contributed by atoms with E-state index in [1.54, 1.807) is 6.92 Å². The van der Waals surface area contributed by atoms with Crippen LogP contribution >= 0.6 is 11.3 Å². The Morgan fingerprint density at radius 1 is 1.62 bits per heavy atom. The van der Waals surface area contributed by atoms with Crippen LogP contribution in [0.5, 0.6) is 10.3 Å². The number of ether oxygens (including phenoxy) is 1. The standard InChI is InChI=1S/C9H13NO2S/c1-5-8(11)13-9(10-5)12-6(2)7-3-4-7/h6-7,11H,3-4H2,1-2H3. The van der Waals surface area contributed by atoms with Crippen molar-refractivity contribution in [2.24, 2.45) is 5.92 Å². The van der Waals surface area contributed by atoms with E-state index in [0.29, 0.717) is 16.8 Å². The number of nitrogens with zero attached hydrogens (tertiary/aromatic N) is 1. The van der Waals surface area contributed by atoms with Gasteiger partial charge in [0.15, 0.2) is 5.06 Å². The Labute approximate surface area is 81.4 Å². The van der Waals surface area contributed by atoms with Crippen molar-refractivity contribution in [2.75, 3.05) is 0 Å². The molecular formula is C9H13NO2S. The predicted molar refractivity (Wildman–Crippen MR) is 51.3 cm³/mol. The van der Waals surface area contributed by atoms with Crippen molar-refractivity contribution in [3.05, 3.63) is 5.69 Å². The molecule has 0 saturated heterocycles. The minimum Gasteiger partial charge on any atom is -0.498 e. The Balaban J connectivity index is 2.00. The van der Waals surface area contributed by atoms with E-state index in [1.165, 1.54) is 24.2 Å². The Morgan fingerprint density at radius 2 is 2.31 bits per heavy atom. The van der Waals surface area contributed by atoms with Gasteiger partial charge in [-0.1, -0.05) is 0 Å². The highest BCUT2D eigenvalue weighted by molar-refractivity contribution is 7.15. The molecule has 4 heteroatoms. The maximum Gasteiger partial charge on any atom is 0.277 e. The number of rotatable bonds is 3. The molecule has 0 spiro atoms. The quantitative estimate of drug-likeness (QED) is 0.812. The third-order valence-corrected chi connectivity index (χ3v) is 3.18. The van der Waals surface area contributed by atoms with Crippen LogP contribution in [0.15, 0.2) is 0 Å². The summed E-state index contributed by atoms with van der Waals surface area (Å²) in [4.78, 5) is 4.11. The lowest BCUT2D eigenvalue weighted by Crippen LogP contribution is -2.13. The Hall–Kier alpha value is -0.770. The summed E-state index contributed by atoms with van der Waals surface area (Å²) >= 11 is 1.21. The molecule has 1 aliphatic rings. The molecule has 3 nitrogen and oxygen atoms in total. The molecule has 0 amide bonds. The number of aromatic nitrogens is 1. The smallest absolute Gasteiger partial charge is 0.277 e. The van der Waals surface area contributed by atoms with Crippen molar-refractivity contribution in [3.8, 4) is 10.3 Å². The lowest BCUT2D eigenvalue weighted by Gasteiger charge is -2.09. The monoisotopic (exact) mass is 199 g/mol. The number of aryl methyl sites for hydroxylation is 1. The predicted octanol–water partition coefficient (Wildman–Crippen LogP) is 2.33. The van der Waals surface area contributed by atoms with Gasteiger partial charge in [0.2, 0.25) is 0 Å². The highest BCUT2D eigenvalue weighted by atomic mass is 32.1. The van der Waals surface area contributed by atoms with Crippen LogP contribution in [0.25, 0.3) is 0 Å².